The number of thiazole rings is 4. The van der Waals surface area contributed by atoms with Gasteiger partial charge in [-0.3, -0.25) is 86.0 Å². The maximum absolute atomic E-state index is 10.9. The minimum absolute atomic E-state index is 0. The topological polar surface area (TPSA) is 944 Å². The molecule has 5 aromatic heterocycles. The van der Waals surface area contributed by atoms with Crippen LogP contribution >= 0.6 is 45.3 Å². The SMILES string of the molecule is CN1CC[N+](C)=C1N=Nc1ccccc1NCC(C)(C)CNc1ccccc1N=Nc1n(C)cc[n+]1C.N/C=N\N.N/C=N\N.N=CN=Nc1ccc(O)cc1O.N=CN=Nc1ccc(O)cc1O.NNc1ncc([N+](=O)[O-])s1.O.O.O.O=C1C=CC(=NN=c2[n-]cc([N+](=O)[O-])s2)C(O)=C1.O=C1C=CC(=NN=c2[n-]cc([N+](=O)[O-])s2)C(O)=C1.O=[N+]([O-])c1cnc(N=Nc2ccc(O)cc2O)s1.[Co]. The van der Waals surface area contributed by atoms with Crippen LogP contribution in [0.3, 0.4) is 0 Å². The molecule has 0 saturated carbocycles. The maximum atomic E-state index is 10.9. The molecule has 0 fully saturated rings. The molecular weight excluding hydrogens is 1930 g/mol. The van der Waals surface area contributed by atoms with Crippen molar-refractivity contribution in [3.63, 3.8) is 0 Å². The third-order valence-electron chi connectivity index (χ3n) is 15.3. The van der Waals surface area contributed by atoms with Crippen LogP contribution in [0.15, 0.2) is 270 Å². The van der Waals surface area contributed by atoms with E-state index in [4.69, 9.17) is 42.2 Å². The molecule has 0 saturated heterocycles. The van der Waals surface area contributed by atoms with E-state index in [1.165, 1.54) is 60.7 Å². The molecule has 137 heavy (non-hydrogen) atoms. The van der Waals surface area contributed by atoms with Gasteiger partial charge in [-0.15, -0.1) is 30.7 Å². The number of aliphatic hydroxyl groups excluding tert-OH is 2. The Morgan fingerprint density at radius 1 is 0.547 bits per heavy atom. The first-order chi connectivity index (χ1) is 63.4. The van der Waals surface area contributed by atoms with Gasteiger partial charge in [0.25, 0.3) is 0 Å². The summed E-state index contributed by atoms with van der Waals surface area (Å²) in [5.41, 5.74) is 15.7. The number of anilines is 3. The summed E-state index contributed by atoms with van der Waals surface area (Å²) in [7, 11) is 7.99. The Kier molecular flexibility index (Phi) is 52.1. The van der Waals surface area contributed by atoms with Gasteiger partial charge in [-0.25, -0.2) is 24.9 Å². The average Bonchev–Trinajstić information content (AvgIpc) is 1.77. The van der Waals surface area contributed by atoms with Gasteiger partial charge in [-0.1, -0.05) is 71.0 Å². The second kappa shape index (κ2) is 60.9. The van der Waals surface area contributed by atoms with Crippen molar-refractivity contribution in [3.05, 3.63) is 238 Å². The molecule has 64 heteroatoms. The molecule has 0 spiro atoms. The molecule has 10 aromatic rings. The van der Waals surface area contributed by atoms with Crippen molar-refractivity contribution in [2.24, 2.45) is 130 Å². The number of nitro groups is 4. The van der Waals surface area contributed by atoms with E-state index in [1.54, 1.807) is 0 Å². The number of benzene rings is 5. The van der Waals surface area contributed by atoms with Crippen molar-refractivity contribution in [1.29, 1.82) is 10.8 Å². The van der Waals surface area contributed by atoms with Crippen molar-refractivity contribution < 1.29 is 112 Å². The van der Waals surface area contributed by atoms with Crippen molar-refractivity contribution in [1.82, 2.24) is 29.4 Å². The van der Waals surface area contributed by atoms with Crippen LogP contribution < -0.4 is 69.2 Å². The van der Waals surface area contributed by atoms with E-state index in [-0.39, 0.29) is 159 Å². The van der Waals surface area contributed by atoms with E-state index in [0.717, 1.165) is 187 Å². The standard InChI is InChI=1S/C27H36N10.3C9H6N4O4S.2C7H7N3O2.C3H4N4O2S.2CH5N3.Co.3H2O/c1-27(2,19-28-21-11-7-9-13-23(21)30-32-25-34(3)15-16-35(25)4)20-29-22-12-8-10-14-24(22)31-33-26-36(5)17-18-37(26)6;3*14-5-1-2-6(7(15)3-5)11-12-9-10-4-8(18-9)13(16)17;2*8-4-9-10-6-2-1-5(11)3-7(6)12;4-6-3-5-1-2(10-3)7(8)9;2*2-1-4-3;;;;/h7-16H,17-20H2,1-6H3;2*1-4H,(H2,10,12,14,15);1-4,14-15H;2*1-4,8,11-12H;1H,4H2,(H,5,6);2*1H,3H2,(H2,2,4);;3*1H2. The predicted octanol–water partition coefficient (Wildman–Crippen LogP) is 7.75. The van der Waals surface area contributed by atoms with Gasteiger partial charge in [-0.2, -0.15) is 10.2 Å². The molecule has 0 unspecified atom stereocenters. The number of nitrogen functional groups attached to an aromatic ring is 1. The zero-order chi connectivity index (χ0) is 98.1. The van der Waals surface area contributed by atoms with Gasteiger partial charge >= 0.3 is 31.9 Å². The second-order valence-corrected chi connectivity index (χ2v) is 29.6. The van der Waals surface area contributed by atoms with Gasteiger partial charge in [0.05, 0.1) is 84.7 Å². The monoisotopic (exact) mass is 2020 g/mol. The number of aromatic hydroxyl groups is 6. The quantitative estimate of drug-likeness (QED) is 0.00450. The van der Waals surface area contributed by atoms with Crippen molar-refractivity contribution in [3.8, 4) is 34.5 Å². The first kappa shape index (κ1) is 117. The van der Waals surface area contributed by atoms with Crippen LogP contribution in [0.2, 0.25) is 0 Å². The van der Waals surface area contributed by atoms with E-state index in [0.29, 0.717) is 5.13 Å². The number of likely N-dealkylation sites (N-methyl/N-ethyl adjacent to an activating group) is 2. The number of azo groups is 5. The second-order valence-electron chi connectivity index (χ2n) is 25.6. The van der Waals surface area contributed by atoms with Crippen molar-refractivity contribution in [2.45, 2.75) is 13.8 Å². The number of rotatable bonds is 22. The number of nitrogens with two attached hydrogens (primary N) is 5. The number of imidazole rings is 1. The fraction of sp³-hybridized carbons (Fsp3) is 0.151. The molecule has 59 nitrogen and oxygen atoms in total. The van der Waals surface area contributed by atoms with Crippen molar-refractivity contribution in [2.75, 3.05) is 56.3 Å². The first-order valence-corrected chi connectivity index (χ1v) is 39.9. The van der Waals surface area contributed by atoms with E-state index >= 15 is 0 Å². The summed E-state index contributed by atoms with van der Waals surface area (Å²) < 4.78 is 6.00. The number of aromatic nitrogens is 6. The fourth-order valence-electron chi connectivity index (χ4n) is 9.03. The summed E-state index contributed by atoms with van der Waals surface area (Å²) in [6, 6.07) is 27.7. The molecule has 0 amide bonds. The minimum atomic E-state index is -0.583. The molecule has 0 bridgehead atoms. The van der Waals surface area contributed by atoms with Crippen LogP contribution in [0, 0.1) is 56.7 Å². The zero-order valence-electron chi connectivity index (χ0n) is 71.9. The smallest absolute Gasteiger partial charge is 0.421 e. The Morgan fingerprint density at radius 2 is 0.949 bits per heavy atom. The van der Waals surface area contributed by atoms with Gasteiger partial charge in [0.15, 0.2) is 11.6 Å². The van der Waals surface area contributed by atoms with E-state index in [9.17, 15) is 65.4 Å². The number of aliphatic hydroxyl groups is 2. The number of phenolic OH excluding ortho intramolecular Hbond substituents is 6. The molecule has 1 radical (unpaired) electrons. The zero-order valence-corrected chi connectivity index (χ0v) is 76.2. The van der Waals surface area contributed by atoms with Crippen LogP contribution in [-0.2, 0) is 40.5 Å². The van der Waals surface area contributed by atoms with Crippen LogP contribution in [0.25, 0.3) is 0 Å². The molecule has 6 heterocycles. The molecule has 729 valence electrons. The Labute approximate surface area is 797 Å². The summed E-state index contributed by atoms with van der Waals surface area (Å²) in [5, 5.41) is 194. The number of aryl methyl sites for hydroxylation is 2. The number of hydrogen-bond donors (Lipinski definition) is 18. The van der Waals surface area contributed by atoms with Crippen LogP contribution in [-0.4, -0.2) is 196 Å². The maximum Gasteiger partial charge on any atom is 0.421 e. The van der Waals surface area contributed by atoms with E-state index in [2.05, 4.69) is 164 Å². The minimum Gasteiger partial charge on any atom is -0.508 e. The number of hydrazine groups is 1. The van der Waals surface area contributed by atoms with Gasteiger partial charge < -0.3 is 111 Å². The number of para-hydroxylation sites is 2. The summed E-state index contributed by atoms with van der Waals surface area (Å²) >= 11 is 3.17. The van der Waals surface area contributed by atoms with Crippen LogP contribution in [0.5, 0.6) is 34.5 Å². The number of hydrogen-bond acceptors (Lipinski definition) is 47. The molecular formula is C73H88CoN38O21S4. The summed E-state index contributed by atoms with van der Waals surface area (Å²) in [6.45, 7) is 7.88. The van der Waals surface area contributed by atoms with Gasteiger partial charge in [-0.05, 0) is 113 Å². The number of nitrogens with one attached hydrogen (secondary N) is 5. The predicted molar refractivity (Wildman–Crippen MR) is 502 cm³/mol. The van der Waals surface area contributed by atoms with Gasteiger partial charge in [0.2, 0.25) is 10.3 Å². The summed E-state index contributed by atoms with van der Waals surface area (Å²) in [4.78, 5) is 77.7. The third kappa shape index (κ3) is 41.4. The number of guanidine groups is 1. The summed E-state index contributed by atoms with van der Waals surface area (Å²) in [6.07, 6.45) is 18.9. The van der Waals surface area contributed by atoms with Gasteiger partial charge in [0, 0.05) is 92.4 Å². The Hall–Kier alpha value is -17.8. The Balaban J connectivity index is 0.000000818. The number of nitrogens with zero attached hydrogens (tertiary/aromatic N) is 28. The van der Waals surface area contributed by atoms with E-state index in [1.807, 2.05) is 98.2 Å². The van der Waals surface area contributed by atoms with Crippen molar-refractivity contribution >= 4 is 176 Å². The Bertz CT molecular complexity index is 6130. The number of carbonyl (C=O) groups is 2. The normalized spacial score (nSPS) is 13.1. The molecule has 13 rings (SSSR count). The first-order valence-electron chi connectivity index (χ1n) is 36.6. The van der Waals surface area contributed by atoms with Gasteiger partial charge in [0.1, 0.15) is 124 Å². The molecule has 0 atom stereocenters. The van der Waals surface area contributed by atoms with Crippen LogP contribution in [0.4, 0.5) is 76.0 Å². The molecule has 5 aromatic carbocycles. The largest absolute Gasteiger partial charge is 0.508 e. The average molecular weight is 2020 g/mol. The molecule has 2 aliphatic carbocycles. The fourth-order valence-corrected chi connectivity index (χ4v) is 11.2. The van der Waals surface area contributed by atoms with E-state index < -0.39 is 19.7 Å². The molecule has 1 aliphatic heterocycles. The third-order valence-corrected chi connectivity index (χ3v) is 18.7. The number of hydrazone groups is 2. The number of ketones is 2. The number of carbonyl (C=O) groups excluding carboxylic acids is 2. The Morgan fingerprint density at radius 3 is 1.29 bits per heavy atom. The molecule has 29 N–H and O–H groups in total. The molecule has 3 aliphatic rings. The van der Waals surface area contributed by atoms with Crippen LogP contribution in [0.1, 0.15) is 13.8 Å². The summed E-state index contributed by atoms with van der Waals surface area (Å²) in [5.74, 6) is 13.5. The number of phenols is 6. The number of allylic oxidation sites excluding steroid dienone is 6.